The maximum Gasteiger partial charge on any atom is 0.297 e. The van der Waals surface area contributed by atoms with Crippen LogP contribution in [-0.2, 0) is 20.2 Å². The fraction of sp³-hybridized carbons (Fsp3) is 0. The summed E-state index contributed by atoms with van der Waals surface area (Å²) in [5.74, 6) is -0.583. The second-order valence-corrected chi connectivity index (χ2v) is 6.75. The van der Waals surface area contributed by atoms with E-state index in [0.717, 1.165) is 18.2 Å². The van der Waals surface area contributed by atoms with Crippen LogP contribution in [0.25, 0.3) is 10.8 Å². The molecule has 0 saturated carbocycles. The Morgan fingerprint density at radius 2 is 1.41 bits per heavy atom. The zero-order valence-electron chi connectivity index (χ0n) is 11.7. The molecule has 2 radical (unpaired) electrons. The molecule has 0 aliphatic carbocycles. The average molecular weight is 365 g/mol. The molecule has 2 aromatic carbocycles. The maximum atomic E-state index is 11.3. The summed E-state index contributed by atoms with van der Waals surface area (Å²) in [6.07, 6.45) is 0. The van der Waals surface area contributed by atoms with Gasteiger partial charge in [-0.05, 0) is 18.2 Å². The Balaban J connectivity index is 0.00000220. The van der Waals surface area contributed by atoms with E-state index in [0.29, 0.717) is 0 Å². The minimum Gasteiger partial charge on any atom is -0.507 e. The van der Waals surface area contributed by atoms with E-state index in [1.54, 1.807) is 0 Å². The minimum absolute atomic E-state index is 0. The van der Waals surface area contributed by atoms with Crippen LogP contribution in [0.5, 0.6) is 5.75 Å². The molecule has 8 nitrogen and oxygen atoms in total. The maximum absolute atomic E-state index is 11.3. The number of phenols is 1. The van der Waals surface area contributed by atoms with Crippen molar-refractivity contribution in [2.24, 2.45) is 0 Å². The number of benzene rings is 2. The van der Waals surface area contributed by atoms with Gasteiger partial charge in [0.25, 0.3) is 20.2 Å². The first kappa shape index (κ1) is 22.1. The van der Waals surface area contributed by atoms with Crippen LogP contribution < -0.4 is 5.73 Å². The Labute approximate surface area is 170 Å². The number of nitrogen functional groups attached to an aromatic ring is 1. The Bertz CT molecular complexity index is 926. The zero-order chi connectivity index (χ0) is 15.3. The molecule has 0 heterocycles. The van der Waals surface area contributed by atoms with E-state index in [1.165, 1.54) is 6.07 Å². The molecule has 0 saturated heterocycles. The zero-order valence-corrected chi connectivity index (χ0v) is 17.3. The third-order valence-corrected chi connectivity index (χ3v) is 4.43. The molecular weight excluding hydrogens is 356 g/mol. The van der Waals surface area contributed by atoms with Crippen molar-refractivity contribution in [2.75, 3.05) is 5.73 Å². The van der Waals surface area contributed by atoms with Gasteiger partial charge in [0.15, 0.2) is 0 Å². The molecule has 110 valence electrons. The molecule has 0 aliphatic rings. The first-order valence-electron chi connectivity index (χ1n) is 5.02. The molecule has 0 aliphatic heterocycles. The van der Waals surface area contributed by atoms with Crippen molar-refractivity contribution in [3.05, 3.63) is 24.3 Å². The summed E-state index contributed by atoms with van der Waals surface area (Å²) in [4.78, 5) is -1.46. The molecule has 0 aromatic heterocycles. The largest absolute Gasteiger partial charge is 0.507 e. The SMILES string of the molecule is Nc1ccc2c(O)cc(S(=O)(=O)O)cc2c1S(=O)(=O)O.[Na].[Na]. The van der Waals surface area contributed by atoms with E-state index in [-0.39, 0.29) is 75.6 Å². The molecule has 22 heavy (non-hydrogen) atoms. The van der Waals surface area contributed by atoms with E-state index < -0.39 is 35.8 Å². The van der Waals surface area contributed by atoms with Gasteiger partial charge in [-0.3, -0.25) is 9.11 Å². The topological polar surface area (TPSA) is 155 Å². The van der Waals surface area contributed by atoms with Gasteiger partial charge in [-0.15, -0.1) is 0 Å². The van der Waals surface area contributed by atoms with Gasteiger partial charge in [0.2, 0.25) is 0 Å². The molecule has 0 atom stereocenters. The van der Waals surface area contributed by atoms with Crippen molar-refractivity contribution in [1.82, 2.24) is 0 Å². The van der Waals surface area contributed by atoms with Gasteiger partial charge >= 0.3 is 0 Å². The van der Waals surface area contributed by atoms with Gasteiger partial charge in [-0.25, -0.2) is 0 Å². The summed E-state index contributed by atoms with van der Waals surface area (Å²) >= 11 is 0. The van der Waals surface area contributed by atoms with E-state index in [4.69, 9.17) is 14.8 Å². The van der Waals surface area contributed by atoms with Crippen LogP contribution in [-0.4, -0.2) is 90.2 Å². The summed E-state index contributed by atoms with van der Waals surface area (Å²) in [7, 11) is -9.42. The van der Waals surface area contributed by atoms with Crippen LogP contribution in [0.2, 0.25) is 0 Å². The summed E-state index contributed by atoms with van der Waals surface area (Å²) in [6.45, 7) is 0. The number of hydrogen-bond acceptors (Lipinski definition) is 6. The molecule has 0 spiro atoms. The Hall–Kier alpha value is 0.120. The van der Waals surface area contributed by atoms with E-state index in [1.807, 2.05) is 0 Å². The summed E-state index contributed by atoms with van der Waals surface area (Å²) < 4.78 is 62.9. The number of hydrogen-bond donors (Lipinski definition) is 4. The van der Waals surface area contributed by atoms with Crippen LogP contribution in [0.3, 0.4) is 0 Å². The van der Waals surface area contributed by atoms with Crippen molar-refractivity contribution in [1.29, 1.82) is 0 Å². The van der Waals surface area contributed by atoms with Gasteiger partial charge in [0.1, 0.15) is 10.6 Å². The quantitative estimate of drug-likeness (QED) is 0.326. The van der Waals surface area contributed by atoms with E-state index in [2.05, 4.69) is 0 Å². The molecule has 12 heteroatoms. The second-order valence-electron chi connectivity index (χ2n) is 3.97. The molecule has 0 fully saturated rings. The molecule has 0 bridgehead atoms. The van der Waals surface area contributed by atoms with Crippen molar-refractivity contribution >= 4 is 95.8 Å². The molecule has 2 aromatic rings. The van der Waals surface area contributed by atoms with Crippen molar-refractivity contribution in [2.45, 2.75) is 9.79 Å². The molecular formula is C10H9NNa2O7S2. The normalized spacial score (nSPS) is 11.5. The summed E-state index contributed by atoms with van der Waals surface area (Å²) in [6, 6.07) is 3.94. The smallest absolute Gasteiger partial charge is 0.297 e. The molecule has 2 rings (SSSR count). The van der Waals surface area contributed by atoms with Crippen molar-refractivity contribution in [3.63, 3.8) is 0 Å². The number of anilines is 1. The standard InChI is InChI=1S/C10H9NO7S2.2Na/c11-8-2-1-6-7(10(8)20(16,17)18)3-5(4-9(6)12)19(13,14)15;;/h1-4,12H,11H2,(H,13,14,15)(H,16,17,18);;. The predicted molar refractivity (Wildman–Crippen MR) is 81.2 cm³/mol. The van der Waals surface area contributed by atoms with Crippen molar-refractivity contribution < 1.29 is 31.0 Å². The Morgan fingerprint density at radius 1 is 0.864 bits per heavy atom. The van der Waals surface area contributed by atoms with Crippen LogP contribution in [0.15, 0.2) is 34.1 Å². The van der Waals surface area contributed by atoms with Gasteiger partial charge < -0.3 is 10.8 Å². The van der Waals surface area contributed by atoms with Crippen LogP contribution in [0.1, 0.15) is 0 Å². The first-order valence-corrected chi connectivity index (χ1v) is 7.90. The summed E-state index contributed by atoms with van der Waals surface area (Å²) in [5, 5.41) is 9.34. The van der Waals surface area contributed by atoms with Crippen LogP contribution in [0.4, 0.5) is 5.69 Å². The fourth-order valence-corrected chi connectivity index (χ4v) is 3.16. The van der Waals surface area contributed by atoms with Crippen molar-refractivity contribution in [3.8, 4) is 5.75 Å². The average Bonchev–Trinajstić information content (AvgIpc) is 2.24. The molecule has 5 N–H and O–H groups in total. The number of phenolic OH excluding ortho intramolecular Hbond substituents is 1. The predicted octanol–water partition coefficient (Wildman–Crippen LogP) is -0.141. The number of aromatic hydroxyl groups is 1. The van der Waals surface area contributed by atoms with E-state index in [9.17, 15) is 21.9 Å². The van der Waals surface area contributed by atoms with E-state index >= 15 is 0 Å². The molecule has 0 unspecified atom stereocenters. The van der Waals surface area contributed by atoms with Gasteiger partial charge in [0.05, 0.1) is 10.6 Å². The Kier molecular flexibility index (Phi) is 7.38. The van der Waals surface area contributed by atoms with Crippen LogP contribution in [0, 0.1) is 0 Å². The summed E-state index contributed by atoms with van der Waals surface area (Å²) in [5.41, 5.74) is 5.12. The number of nitrogens with two attached hydrogens (primary N) is 1. The monoisotopic (exact) mass is 365 g/mol. The van der Waals surface area contributed by atoms with Gasteiger partial charge in [-0.2, -0.15) is 16.8 Å². The van der Waals surface area contributed by atoms with Gasteiger partial charge in [-0.1, -0.05) is 0 Å². The van der Waals surface area contributed by atoms with Gasteiger partial charge in [0, 0.05) is 76.0 Å². The third kappa shape index (κ3) is 4.35. The molecule has 0 amide bonds. The minimum atomic E-state index is -4.75. The number of fused-ring (bicyclic) bond motifs is 1. The third-order valence-electron chi connectivity index (χ3n) is 2.62. The van der Waals surface area contributed by atoms with Crippen LogP contribution >= 0.6 is 0 Å². The number of rotatable bonds is 2. The Morgan fingerprint density at radius 3 is 1.86 bits per heavy atom. The fourth-order valence-electron chi connectivity index (χ4n) is 1.82. The second kappa shape index (κ2) is 7.34. The first-order chi connectivity index (χ1) is 9.01.